The topological polar surface area (TPSA) is 36.4 Å². The molecule has 92 valence electrons. The first-order valence-electron chi connectivity index (χ1n) is 5.95. The van der Waals surface area contributed by atoms with Gasteiger partial charge in [0.1, 0.15) is 0 Å². The summed E-state index contributed by atoms with van der Waals surface area (Å²) in [6, 6.07) is 0. The van der Waals surface area contributed by atoms with Gasteiger partial charge in [0.15, 0.2) is 0 Å². The van der Waals surface area contributed by atoms with Crippen molar-refractivity contribution in [3.8, 4) is 0 Å². The molecule has 0 aliphatic heterocycles. The minimum absolute atomic E-state index is 0.389. The van der Waals surface area contributed by atoms with Crippen LogP contribution in [0, 0.1) is 6.92 Å². The van der Waals surface area contributed by atoms with Gasteiger partial charge in [-0.15, -0.1) is 11.3 Å². The highest BCUT2D eigenvalue weighted by Gasteiger charge is 2.12. The minimum atomic E-state index is -0.389. The normalized spacial score (nSPS) is 13.4. The summed E-state index contributed by atoms with van der Waals surface area (Å²) >= 11 is 1.64. The highest BCUT2D eigenvalue weighted by Crippen LogP contribution is 2.24. The van der Waals surface area contributed by atoms with Gasteiger partial charge < -0.3 is 10.0 Å². The van der Waals surface area contributed by atoms with Gasteiger partial charge in [0, 0.05) is 13.0 Å². The Labute approximate surface area is 102 Å². The molecule has 1 aromatic heterocycles. The highest BCUT2D eigenvalue weighted by molar-refractivity contribution is 7.11. The van der Waals surface area contributed by atoms with Crippen molar-refractivity contribution in [2.24, 2.45) is 0 Å². The van der Waals surface area contributed by atoms with Crippen LogP contribution < -0.4 is 0 Å². The van der Waals surface area contributed by atoms with Crippen LogP contribution in [0.25, 0.3) is 0 Å². The number of likely N-dealkylation sites (N-methyl/N-ethyl adjacent to an activating group) is 1. The van der Waals surface area contributed by atoms with Gasteiger partial charge >= 0.3 is 0 Å². The van der Waals surface area contributed by atoms with Gasteiger partial charge in [0.05, 0.1) is 21.7 Å². The second kappa shape index (κ2) is 6.33. The molecule has 3 nitrogen and oxygen atoms in total. The van der Waals surface area contributed by atoms with Crippen molar-refractivity contribution < 1.29 is 5.11 Å². The molecule has 1 N–H and O–H groups in total. The number of nitrogens with zero attached hydrogens (tertiary/aromatic N) is 2. The summed E-state index contributed by atoms with van der Waals surface area (Å²) in [6.07, 6.45) is 0.597. The Balaban J connectivity index is 2.58. The first-order chi connectivity index (χ1) is 7.58. The Morgan fingerprint density at radius 1 is 1.38 bits per heavy atom. The fourth-order valence-corrected chi connectivity index (χ4v) is 2.75. The fraction of sp³-hybridized carbons (Fsp3) is 0.750. The van der Waals surface area contributed by atoms with Crippen LogP contribution in [0.4, 0.5) is 0 Å². The number of aliphatic hydroxyl groups is 1. The summed E-state index contributed by atoms with van der Waals surface area (Å²) in [7, 11) is 0. The van der Waals surface area contributed by atoms with Crippen LogP contribution in [0.15, 0.2) is 0 Å². The van der Waals surface area contributed by atoms with E-state index in [4.69, 9.17) is 0 Å². The number of rotatable bonds is 6. The lowest BCUT2D eigenvalue weighted by molar-refractivity contribution is 0.202. The molecule has 1 rings (SSSR count). The molecule has 0 spiro atoms. The third kappa shape index (κ3) is 3.54. The first-order valence-corrected chi connectivity index (χ1v) is 6.76. The zero-order valence-electron chi connectivity index (χ0n) is 10.7. The molecule has 0 aliphatic carbocycles. The molecule has 1 atom stereocenters. The van der Waals surface area contributed by atoms with E-state index >= 15 is 0 Å². The molecule has 0 amide bonds. The van der Waals surface area contributed by atoms with E-state index in [1.807, 2.05) is 6.92 Å². The number of aromatic nitrogens is 1. The van der Waals surface area contributed by atoms with Crippen molar-refractivity contribution in [1.82, 2.24) is 9.88 Å². The van der Waals surface area contributed by atoms with Gasteiger partial charge in [-0.1, -0.05) is 13.8 Å². The quantitative estimate of drug-likeness (QED) is 0.832. The maximum Gasteiger partial charge on any atom is 0.0944 e. The smallest absolute Gasteiger partial charge is 0.0944 e. The number of hydrogen-bond donors (Lipinski definition) is 1. The molecule has 0 bridgehead atoms. The van der Waals surface area contributed by atoms with Crippen molar-refractivity contribution in [3.05, 3.63) is 15.6 Å². The summed E-state index contributed by atoms with van der Waals surface area (Å²) in [4.78, 5) is 7.90. The molecule has 0 saturated carbocycles. The van der Waals surface area contributed by atoms with E-state index in [1.165, 1.54) is 0 Å². The van der Waals surface area contributed by atoms with Crippen LogP contribution in [0.1, 0.15) is 42.5 Å². The number of aliphatic hydroxyl groups excluding tert-OH is 1. The molecule has 1 unspecified atom stereocenters. The SMILES string of the molecule is CCN(CC)CCc1nc(C)c(C(C)O)s1. The summed E-state index contributed by atoms with van der Waals surface area (Å²) < 4.78 is 0. The van der Waals surface area contributed by atoms with E-state index in [2.05, 4.69) is 23.7 Å². The average molecular weight is 242 g/mol. The lowest BCUT2D eigenvalue weighted by Gasteiger charge is -2.16. The molecule has 1 heterocycles. The maximum absolute atomic E-state index is 9.55. The Bertz CT molecular complexity index is 319. The van der Waals surface area contributed by atoms with E-state index in [9.17, 15) is 5.11 Å². The zero-order chi connectivity index (χ0) is 12.1. The van der Waals surface area contributed by atoms with E-state index in [-0.39, 0.29) is 6.10 Å². The molecule has 0 aromatic carbocycles. The maximum atomic E-state index is 9.55. The van der Waals surface area contributed by atoms with Crippen molar-refractivity contribution in [2.45, 2.75) is 40.2 Å². The predicted octanol–water partition coefficient (Wildman–Crippen LogP) is 2.39. The van der Waals surface area contributed by atoms with Crippen LogP contribution in [-0.4, -0.2) is 34.6 Å². The van der Waals surface area contributed by atoms with Gasteiger partial charge in [-0.3, -0.25) is 0 Å². The first kappa shape index (κ1) is 13.6. The van der Waals surface area contributed by atoms with Crippen LogP contribution in [-0.2, 0) is 6.42 Å². The summed E-state index contributed by atoms with van der Waals surface area (Å²) in [5.74, 6) is 0. The second-order valence-corrected chi connectivity index (χ2v) is 5.13. The van der Waals surface area contributed by atoms with E-state index in [0.29, 0.717) is 0 Å². The predicted molar refractivity (Wildman–Crippen MR) is 69.0 cm³/mol. The number of hydrogen-bond acceptors (Lipinski definition) is 4. The van der Waals surface area contributed by atoms with Crippen LogP contribution >= 0.6 is 11.3 Å². The Kier molecular flexibility index (Phi) is 5.38. The third-order valence-electron chi connectivity index (χ3n) is 2.79. The number of thiazole rings is 1. The molecule has 0 saturated heterocycles. The van der Waals surface area contributed by atoms with Gasteiger partial charge in [-0.05, 0) is 26.9 Å². The van der Waals surface area contributed by atoms with Crippen molar-refractivity contribution in [3.63, 3.8) is 0 Å². The molecule has 16 heavy (non-hydrogen) atoms. The summed E-state index contributed by atoms with van der Waals surface area (Å²) in [5, 5.41) is 10.7. The van der Waals surface area contributed by atoms with E-state index in [1.54, 1.807) is 18.3 Å². The van der Waals surface area contributed by atoms with Gasteiger partial charge in [-0.2, -0.15) is 0 Å². The number of aryl methyl sites for hydroxylation is 1. The molecular formula is C12H22N2OS. The van der Waals surface area contributed by atoms with Crippen LogP contribution in [0.5, 0.6) is 0 Å². The molecule has 0 aliphatic rings. The molecular weight excluding hydrogens is 220 g/mol. The van der Waals surface area contributed by atoms with Gasteiger partial charge in [0.25, 0.3) is 0 Å². The fourth-order valence-electron chi connectivity index (χ4n) is 1.75. The Hall–Kier alpha value is -0.450. The van der Waals surface area contributed by atoms with Crippen molar-refractivity contribution in [2.75, 3.05) is 19.6 Å². The molecule has 4 heteroatoms. The zero-order valence-corrected chi connectivity index (χ0v) is 11.5. The van der Waals surface area contributed by atoms with Crippen LogP contribution in [0.2, 0.25) is 0 Å². The summed E-state index contributed by atoms with van der Waals surface area (Å²) in [5.41, 5.74) is 0.981. The second-order valence-electron chi connectivity index (χ2n) is 4.01. The van der Waals surface area contributed by atoms with Gasteiger partial charge in [0.2, 0.25) is 0 Å². The molecule has 0 radical (unpaired) electrons. The van der Waals surface area contributed by atoms with Crippen molar-refractivity contribution in [1.29, 1.82) is 0 Å². The van der Waals surface area contributed by atoms with E-state index in [0.717, 1.165) is 41.6 Å². The minimum Gasteiger partial charge on any atom is -0.388 e. The largest absolute Gasteiger partial charge is 0.388 e. The Morgan fingerprint density at radius 3 is 2.44 bits per heavy atom. The monoisotopic (exact) mass is 242 g/mol. The van der Waals surface area contributed by atoms with Gasteiger partial charge in [-0.25, -0.2) is 4.98 Å². The third-order valence-corrected chi connectivity index (χ3v) is 4.18. The standard InChI is InChI=1S/C12H22N2OS/c1-5-14(6-2)8-7-11-13-9(3)12(16-11)10(4)15/h10,15H,5-8H2,1-4H3. The van der Waals surface area contributed by atoms with Crippen LogP contribution in [0.3, 0.4) is 0 Å². The molecule has 0 fully saturated rings. The molecule has 1 aromatic rings. The van der Waals surface area contributed by atoms with Crippen molar-refractivity contribution >= 4 is 11.3 Å². The summed E-state index contributed by atoms with van der Waals surface area (Å²) in [6.45, 7) is 11.4. The Morgan fingerprint density at radius 2 is 2.00 bits per heavy atom. The average Bonchev–Trinajstić information content (AvgIpc) is 2.61. The van der Waals surface area contributed by atoms with E-state index < -0.39 is 0 Å². The highest BCUT2D eigenvalue weighted by atomic mass is 32.1. The lowest BCUT2D eigenvalue weighted by Crippen LogP contribution is -2.25. The lowest BCUT2D eigenvalue weighted by atomic mass is 10.3.